The SMILES string of the molecule is C=C(C)C1O[C@@]23O[C@@H]1C[C@@H](C)[C@@H]2[C@@]1(C)CC[C@@]24C[C@@]25CC[C@H](O[C@@H]2OC[C@H](O)[C@H](O)[C@H]2O)C(C)(C)[C@@H]5CC[C@H]4[C@]1(C)[C@H]3O. The molecule has 17 atom stereocenters. The van der Waals surface area contributed by atoms with E-state index in [0.29, 0.717) is 17.8 Å². The number of fused-ring (bicyclic) bond motifs is 4. The number of ether oxygens (including phenoxy) is 4. The second-order valence-electron chi connectivity index (χ2n) is 17.5. The van der Waals surface area contributed by atoms with Gasteiger partial charge in [0.15, 0.2) is 12.1 Å². The highest BCUT2D eigenvalue weighted by atomic mass is 16.8. The maximum atomic E-state index is 12.6. The minimum atomic E-state index is -1.27. The van der Waals surface area contributed by atoms with Crippen LogP contribution in [0.3, 0.4) is 0 Å². The van der Waals surface area contributed by atoms with E-state index in [9.17, 15) is 20.4 Å². The Kier molecular flexibility index (Phi) is 6.14. The number of hydrogen-bond donors (Lipinski definition) is 4. The van der Waals surface area contributed by atoms with Gasteiger partial charge >= 0.3 is 0 Å². The fourth-order valence-corrected chi connectivity index (χ4v) is 13.8. The zero-order valence-electron chi connectivity index (χ0n) is 26.9. The predicted molar refractivity (Wildman–Crippen MR) is 157 cm³/mol. The molecule has 3 spiro atoms. The van der Waals surface area contributed by atoms with E-state index in [1.807, 2.05) is 6.92 Å². The second-order valence-corrected chi connectivity index (χ2v) is 17.5. The molecule has 3 heterocycles. The molecule has 4 N–H and O–H groups in total. The first-order valence-corrected chi connectivity index (χ1v) is 17.1. The lowest BCUT2D eigenvalue weighted by atomic mass is 9.41. The molecule has 43 heavy (non-hydrogen) atoms. The van der Waals surface area contributed by atoms with E-state index in [-0.39, 0.29) is 57.9 Å². The molecule has 0 radical (unpaired) electrons. The highest BCUT2D eigenvalue weighted by Crippen LogP contribution is 2.90. The molecule has 8 rings (SSSR count). The molecule has 8 heteroatoms. The van der Waals surface area contributed by atoms with Crippen molar-refractivity contribution in [1.82, 2.24) is 0 Å². The quantitative estimate of drug-likeness (QED) is 0.284. The van der Waals surface area contributed by atoms with Gasteiger partial charge < -0.3 is 39.4 Å². The van der Waals surface area contributed by atoms with Crippen molar-refractivity contribution in [3.63, 3.8) is 0 Å². The summed E-state index contributed by atoms with van der Waals surface area (Å²) < 4.78 is 25.9. The Morgan fingerprint density at radius 3 is 2.30 bits per heavy atom. The van der Waals surface area contributed by atoms with Crippen LogP contribution in [0.25, 0.3) is 0 Å². The number of rotatable bonds is 3. The normalized spacial score (nSPS) is 62.8. The summed E-state index contributed by atoms with van der Waals surface area (Å²) in [6, 6.07) is 0. The third kappa shape index (κ3) is 3.26. The van der Waals surface area contributed by atoms with E-state index in [1.54, 1.807) is 0 Å². The molecule has 8 nitrogen and oxygen atoms in total. The van der Waals surface area contributed by atoms with Gasteiger partial charge in [0.1, 0.15) is 30.5 Å². The minimum Gasteiger partial charge on any atom is -0.388 e. The van der Waals surface area contributed by atoms with Crippen LogP contribution in [-0.2, 0) is 18.9 Å². The second kappa shape index (κ2) is 8.85. The molecule has 8 aliphatic rings. The van der Waals surface area contributed by atoms with E-state index >= 15 is 0 Å². The lowest BCUT2D eigenvalue weighted by Crippen LogP contribution is -2.61. The Morgan fingerprint density at radius 1 is 0.884 bits per heavy atom. The Bertz CT molecular complexity index is 1210. The van der Waals surface area contributed by atoms with Crippen LogP contribution in [-0.4, -0.2) is 81.8 Å². The molecule has 8 fully saturated rings. The van der Waals surface area contributed by atoms with E-state index < -0.39 is 36.5 Å². The number of hydrogen-bond acceptors (Lipinski definition) is 8. The Labute approximate surface area is 256 Å². The van der Waals surface area contributed by atoms with Gasteiger partial charge in [-0.05, 0) is 103 Å². The van der Waals surface area contributed by atoms with Gasteiger partial charge in [0.2, 0.25) is 0 Å². The number of aliphatic hydroxyl groups is 4. The summed E-state index contributed by atoms with van der Waals surface area (Å²) in [4.78, 5) is 0. The number of aliphatic hydroxyl groups excluding tert-OH is 4. The van der Waals surface area contributed by atoms with Crippen LogP contribution in [0.5, 0.6) is 0 Å². The highest BCUT2D eigenvalue weighted by Gasteiger charge is 2.88. The largest absolute Gasteiger partial charge is 0.388 e. The van der Waals surface area contributed by atoms with Gasteiger partial charge in [0.05, 0.1) is 18.8 Å². The Balaban J connectivity index is 1.10. The van der Waals surface area contributed by atoms with E-state index in [2.05, 4.69) is 41.2 Å². The standard InChI is InChI=1S/C35H54O8/c1-17(2)26-20-14-18(3)27-31(6)12-13-34-16-33(34)11-10-23(41-28-25(38)24(37)19(36)15-40-28)30(4,5)21(33)8-9-22(34)32(31,7)29(39)35(27,42-20)43-26/h18-29,36-39H,1,8-16H2,2-7H3/t18-,19+,20-,21+,22+,23+,24+,25-,26?,27-,28+,29-,31-,32-,33-,34+,35+/m1/s1. The Hall–Kier alpha value is -0.580. The summed E-state index contributed by atoms with van der Waals surface area (Å²) in [5.41, 5.74) is 0.877. The van der Waals surface area contributed by atoms with Crippen molar-refractivity contribution in [2.24, 2.45) is 50.7 Å². The molecule has 0 aromatic heterocycles. The fourth-order valence-electron chi connectivity index (χ4n) is 13.8. The van der Waals surface area contributed by atoms with Crippen LogP contribution in [0.1, 0.15) is 92.9 Å². The zero-order chi connectivity index (χ0) is 30.7. The summed E-state index contributed by atoms with van der Waals surface area (Å²) in [6.45, 7) is 18.1. The van der Waals surface area contributed by atoms with Gasteiger partial charge in [0.25, 0.3) is 0 Å². The van der Waals surface area contributed by atoms with Crippen LogP contribution >= 0.6 is 0 Å². The average Bonchev–Trinajstić information content (AvgIpc) is 3.46. The summed E-state index contributed by atoms with van der Waals surface area (Å²) in [5.74, 6) is 0.477. The first kappa shape index (κ1) is 29.8. The van der Waals surface area contributed by atoms with Gasteiger partial charge in [-0.25, -0.2) is 0 Å². The summed E-state index contributed by atoms with van der Waals surface area (Å²) in [6.07, 6.45) is 2.97. The first-order valence-electron chi connectivity index (χ1n) is 17.1. The Morgan fingerprint density at radius 2 is 1.58 bits per heavy atom. The molecule has 0 amide bonds. The van der Waals surface area contributed by atoms with Gasteiger partial charge in [-0.2, -0.15) is 0 Å². The van der Waals surface area contributed by atoms with Gasteiger partial charge in [-0.15, -0.1) is 0 Å². The van der Waals surface area contributed by atoms with Crippen molar-refractivity contribution in [3.8, 4) is 0 Å². The molecule has 3 aliphatic heterocycles. The third-order valence-electron chi connectivity index (χ3n) is 15.7. The third-order valence-corrected chi connectivity index (χ3v) is 15.7. The van der Waals surface area contributed by atoms with Crippen molar-refractivity contribution in [3.05, 3.63) is 12.2 Å². The van der Waals surface area contributed by atoms with Crippen molar-refractivity contribution in [2.75, 3.05) is 6.61 Å². The zero-order valence-corrected chi connectivity index (χ0v) is 26.9. The van der Waals surface area contributed by atoms with Crippen molar-refractivity contribution in [1.29, 1.82) is 0 Å². The lowest BCUT2D eigenvalue weighted by Gasteiger charge is -2.63. The lowest BCUT2D eigenvalue weighted by molar-refractivity contribution is -0.303. The summed E-state index contributed by atoms with van der Waals surface area (Å²) in [7, 11) is 0. The minimum absolute atomic E-state index is 0.0326. The highest BCUT2D eigenvalue weighted by molar-refractivity contribution is 5.34. The van der Waals surface area contributed by atoms with E-state index in [4.69, 9.17) is 18.9 Å². The van der Waals surface area contributed by atoms with E-state index in [1.165, 1.54) is 12.8 Å². The van der Waals surface area contributed by atoms with Crippen LogP contribution in [0.4, 0.5) is 0 Å². The molecule has 0 aromatic rings. The van der Waals surface area contributed by atoms with Crippen LogP contribution in [0.15, 0.2) is 12.2 Å². The van der Waals surface area contributed by atoms with Gasteiger partial charge in [-0.3, -0.25) is 0 Å². The van der Waals surface area contributed by atoms with Crippen molar-refractivity contribution < 1.29 is 39.4 Å². The van der Waals surface area contributed by atoms with Crippen LogP contribution in [0.2, 0.25) is 0 Å². The van der Waals surface area contributed by atoms with Gasteiger partial charge in [0, 0.05) is 11.3 Å². The van der Waals surface area contributed by atoms with Crippen molar-refractivity contribution in [2.45, 2.75) is 148 Å². The monoisotopic (exact) mass is 602 g/mol. The van der Waals surface area contributed by atoms with Gasteiger partial charge in [-0.1, -0.05) is 41.2 Å². The van der Waals surface area contributed by atoms with Crippen LogP contribution in [0, 0.1) is 50.7 Å². The molecule has 0 aromatic carbocycles. The topological polar surface area (TPSA) is 118 Å². The van der Waals surface area contributed by atoms with E-state index in [0.717, 1.165) is 44.1 Å². The summed E-state index contributed by atoms with van der Waals surface area (Å²) in [5, 5.41) is 43.4. The predicted octanol–water partition coefficient (Wildman–Crippen LogP) is 3.93. The molecule has 1 unspecified atom stereocenters. The molecule has 5 aliphatic carbocycles. The molecular formula is C35H54O8. The van der Waals surface area contributed by atoms with Crippen molar-refractivity contribution >= 4 is 0 Å². The smallest absolute Gasteiger partial charge is 0.199 e. The van der Waals surface area contributed by atoms with Crippen LogP contribution < -0.4 is 0 Å². The molecule has 5 saturated carbocycles. The maximum Gasteiger partial charge on any atom is 0.199 e. The average molecular weight is 603 g/mol. The summed E-state index contributed by atoms with van der Waals surface area (Å²) >= 11 is 0. The fraction of sp³-hybridized carbons (Fsp3) is 0.943. The molecule has 242 valence electrons. The first-order chi connectivity index (χ1) is 20.1. The molecule has 3 saturated heterocycles. The molecular weight excluding hydrogens is 548 g/mol. The maximum absolute atomic E-state index is 12.6. The molecule has 2 bridgehead atoms.